The number of hydrogen-bond acceptors (Lipinski definition) is 8. The molecule has 1 heterocycles. The van der Waals surface area contributed by atoms with Crippen LogP contribution in [0, 0.1) is 0 Å². The van der Waals surface area contributed by atoms with Crippen LogP contribution < -0.4 is 27.4 Å². The Hall–Kier alpha value is -4.11. The number of aromatic amines is 1. The van der Waals surface area contributed by atoms with Crippen LogP contribution in [0.3, 0.4) is 0 Å². The maximum Gasteiger partial charge on any atom is 0.326 e. The van der Waals surface area contributed by atoms with E-state index < -0.39 is 66.2 Å². The summed E-state index contributed by atoms with van der Waals surface area (Å²) in [5, 5.41) is 26.4. The summed E-state index contributed by atoms with van der Waals surface area (Å²) in [6.07, 6.45) is 2.45. The molecule has 4 atom stereocenters. The molecular weight excluding hydrogens is 544 g/mol. The highest BCUT2D eigenvalue weighted by Crippen LogP contribution is 2.19. The number of para-hydroxylation sites is 1. The van der Waals surface area contributed by atoms with E-state index in [1.165, 1.54) is 11.8 Å². The smallest absolute Gasteiger partial charge is 0.326 e. The normalized spacial score (nSPS) is 13.9. The number of rotatable bonds is 17. The number of H-pyrrole nitrogens is 1. The maximum atomic E-state index is 13.3. The largest absolute Gasteiger partial charge is 0.481 e. The molecule has 0 saturated heterocycles. The van der Waals surface area contributed by atoms with Gasteiger partial charge in [0.15, 0.2) is 0 Å². The first kappa shape index (κ1) is 32.1. The highest BCUT2D eigenvalue weighted by Gasteiger charge is 2.31. The molecule has 15 heteroatoms. The zero-order valence-corrected chi connectivity index (χ0v) is 22.7. The fourth-order valence-electron chi connectivity index (χ4n) is 3.87. The van der Waals surface area contributed by atoms with Crippen LogP contribution in [0.25, 0.3) is 10.9 Å². The van der Waals surface area contributed by atoms with Gasteiger partial charge in [-0.25, -0.2) is 4.79 Å². The summed E-state index contributed by atoms with van der Waals surface area (Å²) in [6.45, 7) is 0. The summed E-state index contributed by atoms with van der Waals surface area (Å²) in [4.78, 5) is 75.9. The number of carboxylic acid groups (broad SMARTS) is 2. The zero-order chi connectivity index (χ0) is 29.8. The van der Waals surface area contributed by atoms with Gasteiger partial charge in [0.05, 0.1) is 12.5 Å². The Balaban J connectivity index is 2.29. The minimum atomic E-state index is -1.62. The third-order valence-electron chi connectivity index (χ3n) is 6.00. The average molecular weight is 579 g/mol. The summed E-state index contributed by atoms with van der Waals surface area (Å²) in [5.74, 6) is -5.42. The third-order valence-corrected chi connectivity index (χ3v) is 6.65. The van der Waals surface area contributed by atoms with Crippen molar-refractivity contribution in [2.24, 2.45) is 11.5 Å². The first-order valence-electron chi connectivity index (χ1n) is 12.4. The summed E-state index contributed by atoms with van der Waals surface area (Å²) >= 11 is 1.41. The van der Waals surface area contributed by atoms with E-state index in [0.717, 1.165) is 10.9 Å². The molecule has 1 aromatic heterocycles. The van der Waals surface area contributed by atoms with Crippen molar-refractivity contribution >= 4 is 58.2 Å². The van der Waals surface area contributed by atoms with E-state index in [2.05, 4.69) is 20.9 Å². The van der Waals surface area contributed by atoms with E-state index in [1.54, 1.807) is 18.5 Å². The summed E-state index contributed by atoms with van der Waals surface area (Å²) in [6, 6.07) is 2.04. The molecule has 2 rings (SSSR count). The molecule has 0 saturated carbocycles. The number of nitrogens with one attached hydrogen (secondary N) is 4. The zero-order valence-electron chi connectivity index (χ0n) is 21.8. The van der Waals surface area contributed by atoms with Crippen molar-refractivity contribution in [2.45, 2.75) is 56.3 Å². The van der Waals surface area contributed by atoms with Crippen LogP contribution in [0.1, 0.15) is 31.2 Å². The van der Waals surface area contributed by atoms with Crippen molar-refractivity contribution in [3.8, 4) is 0 Å². The van der Waals surface area contributed by atoms with Gasteiger partial charge in [0.1, 0.15) is 18.1 Å². The molecule has 1 aromatic carbocycles. The second-order valence-electron chi connectivity index (χ2n) is 9.08. The van der Waals surface area contributed by atoms with Gasteiger partial charge in [-0.1, -0.05) is 18.2 Å². The van der Waals surface area contributed by atoms with Gasteiger partial charge >= 0.3 is 11.9 Å². The van der Waals surface area contributed by atoms with Gasteiger partial charge in [-0.05, 0) is 36.5 Å². The number of fused-ring (bicyclic) bond motifs is 1. The van der Waals surface area contributed by atoms with E-state index >= 15 is 0 Å². The minimum Gasteiger partial charge on any atom is -0.481 e. The quantitative estimate of drug-likeness (QED) is 0.114. The Labute approximate surface area is 234 Å². The van der Waals surface area contributed by atoms with E-state index in [0.29, 0.717) is 11.3 Å². The van der Waals surface area contributed by atoms with Crippen LogP contribution in [-0.4, -0.2) is 86.9 Å². The average Bonchev–Trinajstić information content (AvgIpc) is 3.30. The summed E-state index contributed by atoms with van der Waals surface area (Å²) in [7, 11) is 0. The van der Waals surface area contributed by atoms with Gasteiger partial charge in [0.25, 0.3) is 0 Å². The number of benzene rings is 1. The van der Waals surface area contributed by atoms with Gasteiger partial charge in [0.2, 0.25) is 23.6 Å². The van der Waals surface area contributed by atoms with Crippen LogP contribution in [0.5, 0.6) is 0 Å². The van der Waals surface area contributed by atoms with Crippen LogP contribution in [0.2, 0.25) is 0 Å². The molecule has 4 amide bonds. The number of nitrogens with two attached hydrogens (primary N) is 2. The number of amides is 4. The molecule has 0 aliphatic carbocycles. The standard InChI is InChI=1S/C25H34N6O8S/c1-40-9-8-17(29-22(35)15(26)6-7-21(33)34)23(36)30-18(24(37)31-19(25(38)39)11-20(27)32)10-13-12-28-16-5-3-2-4-14(13)16/h2-5,12,15,17-19,28H,6-11,26H2,1H3,(H2,27,32)(H,29,35)(H,30,36)(H,31,37)(H,33,34)(H,38,39). The van der Waals surface area contributed by atoms with Crippen LogP contribution in [-0.2, 0) is 35.2 Å². The van der Waals surface area contributed by atoms with Crippen molar-refractivity contribution in [1.82, 2.24) is 20.9 Å². The first-order chi connectivity index (χ1) is 18.9. The number of hydrogen-bond donors (Lipinski definition) is 8. The van der Waals surface area contributed by atoms with E-state index in [9.17, 15) is 33.9 Å². The fourth-order valence-corrected chi connectivity index (χ4v) is 4.34. The van der Waals surface area contributed by atoms with E-state index in [1.807, 2.05) is 18.2 Å². The van der Waals surface area contributed by atoms with Crippen molar-refractivity contribution in [2.75, 3.05) is 12.0 Å². The Kier molecular flexibility index (Phi) is 12.4. The number of aromatic nitrogens is 1. The Morgan fingerprint density at radius 1 is 0.925 bits per heavy atom. The number of thioether (sulfide) groups is 1. The Morgan fingerprint density at radius 2 is 1.55 bits per heavy atom. The molecule has 0 bridgehead atoms. The lowest BCUT2D eigenvalue weighted by Gasteiger charge is -2.25. The number of carboxylic acids is 2. The van der Waals surface area contributed by atoms with Crippen LogP contribution >= 0.6 is 11.8 Å². The molecule has 0 aliphatic heterocycles. The van der Waals surface area contributed by atoms with Gasteiger partial charge in [0, 0.05) is 29.9 Å². The lowest BCUT2D eigenvalue weighted by Crippen LogP contribution is -2.58. The van der Waals surface area contributed by atoms with Crippen molar-refractivity contribution < 1.29 is 39.0 Å². The maximum absolute atomic E-state index is 13.3. The minimum absolute atomic E-state index is 0.0498. The second kappa shape index (κ2) is 15.5. The third kappa shape index (κ3) is 9.89. The number of carbonyl (C=O) groups is 6. The monoisotopic (exact) mass is 578 g/mol. The molecule has 2 aromatic rings. The molecule has 0 fully saturated rings. The predicted octanol–water partition coefficient (Wildman–Crippen LogP) is -0.930. The Bertz CT molecular complexity index is 1230. The summed E-state index contributed by atoms with van der Waals surface area (Å²) in [5.41, 5.74) is 12.3. The lowest BCUT2D eigenvalue weighted by molar-refractivity contribution is -0.143. The van der Waals surface area contributed by atoms with Crippen LogP contribution in [0.4, 0.5) is 0 Å². The van der Waals surface area contributed by atoms with Crippen molar-refractivity contribution in [3.05, 3.63) is 36.0 Å². The van der Waals surface area contributed by atoms with Crippen molar-refractivity contribution in [1.29, 1.82) is 0 Å². The Morgan fingerprint density at radius 3 is 2.17 bits per heavy atom. The number of carbonyl (C=O) groups excluding carboxylic acids is 4. The van der Waals surface area contributed by atoms with Gasteiger partial charge < -0.3 is 42.6 Å². The lowest BCUT2D eigenvalue weighted by atomic mass is 10.0. The molecule has 4 unspecified atom stereocenters. The van der Waals surface area contributed by atoms with Gasteiger partial charge in [-0.3, -0.25) is 24.0 Å². The van der Waals surface area contributed by atoms with Gasteiger partial charge in [-0.2, -0.15) is 11.8 Å². The highest BCUT2D eigenvalue weighted by atomic mass is 32.2. The first-order valence-corrected chi connectivity index (χ1v) is 13.8. The molecular formula is C25H34N6O8S. The topological polar surface area (TPSA) is 247 Å². The second-order valence-corrected chi connectivity index (χ2v) is 10.1. The number of primary amides is 1. The highest BCUT2D eigenvalue weighted by molar-refractivity contribution is 7.98. The molecule has 14 nitrogen and oxygen atoms in total. The fraction of sp³-hybridized carbons (Fsp3) is 0.440. The molecule has 0 spiro atoms. The van der Waals surface area contributed by atoms with Gasteiger partial charge in [-0.15, -0.1) is 0 Å². The van der Waals surface area contributed by atoms with E-state index in [4.69, 9.17) is 16.6 Å². The molecule has 0 radical (unpaired) electrons. The molecule has 218 valence electrons. The van der Waals surface area contributed by atoms with E-state index in [-0.39, 0.29) is 25.7 Å². The number of aliphatic carboxylic acids is 2. The molecule has 40 heavy (non-hydrogen) atoms. The molecule has 0 aliphatic rings. The summed E-state index contributed by atoms with van der Waals surface area (Å²) < 4.78 is 0. The predicted molar refractivity (Wildman–Crippen MR) is 147 cm³/mol. The SMILES string of the molecule is CSCCC(NC(=O)C(N)CCC(=O)O)C(=O)NC(Cc1c[nH]c2ccccc12)C(=O)NC(CC(N)=O)C(=O)O. The van der Waals surface area contributed by atoms with Crippen molar-refractivity contribution in [3.63, 3.8) is 0 Å². The molecule has 10 N–H and O–H groups in total. The van der Waals surface area contributed by atoms with Crippen LogP contribution in [0.15, 0.2) is 30.5 Å².